The third kappa shape index (κ3) is 1.39. The minimum Gasteiger partial charge on any atom is -0.282 e. The molecular formula is C15H28N4. The van der Waals surface area contributed by atoms with Crippen molar-refractivity contribution in [2.24, 2.45) is 5.92 Å². The Labute approximate surface area is 117 Å². The summed E-state index contributed by atoms with van der Waals surface area (Å²) in [5, 5.41) is 0. The maximum atomic E-state index is 2.79. The Bertz CT molecular complexity index is 356. The number of hydrogen-bond donors (Lipinski definition) is 0. The van der Waals surface area contributed by atoms with Gasteiger partial charge in [-0.2, -0.15) is 0 Å². The quantitative estimate of drug-likeness (QED) is 0.639. The Morgan fingerprint density at radius 3 is 1.63 bits per heavy atom. The molecule has 4 fully saturated rings. The van der Waals surface area contributed by atoms with Crippen LogP contribution in [0.2, 0.25) is 0 Å². The Balaban J connectivity index is 1.80. The SMILES string of the molecule is CC1CN2CCN3CCCN4CCN(C1)[C@]2(C)[C@]43C. The van der Waals surface area contributed by atoms with Crippen LogP contribution in [0, 0.1) is 5.92 Å². The smallest absolute Gasteiger partial charge is 0.103 e. The van der Waals surface area contributed by atoms with Crippen LogP contribution in [0.3, 0.4) is 0 Å². The fraction of sp³-hybridized carbons (Fsp3) is 1.00. The Kier molecular flexibility index (Phi) is 2.61. The van der Waals surface area contributed by atoms with Gasteiger partial charge in [0.05, 0.1) is 0 Å². The second-order valence-corrected chi connectivity index (χ2v) is 7.37. The molecule has 0 atom stereocenters. The Morgan fingerprint density at radius 2 is 1.11 bits per heavy atom. The lowest BCUT2D eigenvalue weighted by molar-refractivity contribution is -0.291. The highest BCUT2D eigenvalue weighted by Gasteiger charge is 2.64. The molecule has 4 aliphatic rings. The molecule has 0 spiro atoms. The zero-order valence-electron chi connectivity index (χ0n) is 12.7. The van der Waals surface area contributed by atoms with E-state index in [9.17, 15) is 0 Å². The van der Waals surface area contributed by atoms with Gasteiger partial charge in [0.25, 0.3) is 0 Å². The Hall–Kier alpha value is -0.160. The van der Waals surface area contributed by atoms with Gasteiger partial charge in [-0.25, -0.2) is 0 Å². The molecule has 0 unspecified atom stereocenters. The van der Waals surface area contributed by atoms with Gasteiger partial charge in [-0.05, 0) is 26.2 Å². The normalized spacial score (nSPS) is 49.1. The van der Waals surface area contributed by atoms with Crippen molar-refractivity contribution >= 4 is 0 Å². The van der Waals surface area contributed by atoms with E-state index in [1.54, 1.807) is 0 Å². The minimum absolute atomic E-state index is 0.219. The van der Waals surface area contributed by atoms with Crippen LogP contribution in [0.5, 0.6) is 0 Å². The predicted octanol–water partition coefficient (Wildman–Crippen LogP) is 0.707. The third-order valence-electron chi connectivity index (χ3n) is 6.56. The summed E-state index contributed by atoms with van der Waals surface area (Å²) in [6.07, 6.45) is 1.35. The maximum absolute atomic E-state index is 2.79. The van der Waals surface area contributed by atoms with Gasteiger partial charge in [0.15, 0.2) is 0 Å². The molecule has 108 valence electrons. The van der Waals surface area contributed by atoms with Crippen LogP contribution in [0.4, 0.5) is 0 Å². The first-order valence-corrected chi connectivity index (χ1v) is 8.07. The van der Waals surface area contributed by atoms with Crippen molar-refractivity contribution in [2.45, 2.75) is 38.5 Å². The van der Waals surface area contributed by atoms with E-state index in [0.29, 0.717) is 0 Å². The molecule has 4 nitrogen and oxygen atoms in total. The monoisotopic (exact) mass is 264 g/mol. The summed E-state index contributed by atoms with van der Waals surface area (Å²) >= 11 is 0. The molecule has 0 radical (unpaired) electrons. The first-order chi connectivity index (χ1) is 9.06. The fourth-order valence-corrected chi connectivity index (χ4v) is 5.41. The van der Waals surface area contributed by atoms with E-state index in [0.717, 1.165) is 5.92 Å². The maximum Gasteiger partial charge on any atom is 0.103 e. The summed E-state index contributed by atoms with van der Waals surface area (Å²) in [5.74, 6) is 0.818. The average Bonchev–Trinajstić information content (AvgIpc) is 2.37. The summed E-state index contributed by atoms with van der Waals surface area (Å²) < 4.78 is 0. The van der Waals surface area contributed by atoms with Crippen LogP contribution in [-0.2, 0) is 0 Å². The largest absolute Gasteiger partial charge is 0.282 e. The van der Waals surface area contributed by atoms with Crippen LogP contribution >= 0.6 is 0 Å². The van der Waals surface area contributed by atoms with Gasteiger partial charge in [-0.15, -0.1) is 0 Å². The molecule has 4 aliphatic heterocycles. The van der Waals surface area contributed by atoms with Crippen molar-refractivity contribution in [1.29, 1.82) is 0 Å². The molecule has 0 bridgehead atoms. The van der Waals surface area contributed by atoms with E-state index in [4.69, 9.17) is 0 Å². The third-order valence-corrected chi connectivity index (χ3v) is 6.56. The molecule has 4 saturated heterocycles. The van der Waals surface area contributed by atoms with Gasteiger partial charge in [-0.3, -0.25) is 19.6 Å². The highest BCUT2D eigenvalue weighted by molar-refractivity contribution is 5.15. The molecule has 4 heteroatoms. The van der Waals surface area contributed by atoms with Gasteiger partial charge >= 0.3 is 0 Å². The van der Waals surface area contributed by atoms with Crippen LogP contribution in [0.25, 0.3) is 0 Å². The van der Waals surface area contributed by atoms with Crippen LogP contribution < -0.4 is 0 Å². The van der Waals surface area contributed by atoms with E-state index in [1.807, 2.05) is 0 Å². The van der Waals surface area contributed by atoms with E-state index >= 15 is 0 Å². The number of piperazine rings is 2. The summed E-state index contributed by atoms with van der Waals surface area (Å²) in [4.78, 5) is 11.1. The molecule has 0 amide bonds. The second-order valence-electron chi connectivity index (χ2n) is 7.37. The highest BCUT2D eigenvalue weighted by Crippen LogP contribution is 2.48. The van der Waals surface area contributed by atoms with Crippen molar-refractivity contribution in [2.75, 3.05) is 52.4 Å². The fourth-order valence-electron chi connectivity index (χ4n) is 5.41. The molecule has 0 aliphatic carbocycles. The van der Waals surface area contributed by atoms with Crippen molar-refractivity contribution in [3.8, 4) is 0 Å². The zero-order chi connectivity index (χ0) is 13.3. The van der Waals surface area contributed by atoms with Gasteiger partial charge in [0.2, 0.25) is 0 Å². The summed E-state index contributed by atoms with van der Waals surface area (Å²) in [6.45, 7) is 17.6. The lowest BCUT2D eigenvalue weighted by Crippen LogP contribution is -2.89. The number of rotatable bonds is 0. The standard InChI is InChI=1S/C15H28N4/c1-13-11-18-9-7-16-5-4-6-17-8-10-19(12-13)15(18,3)14(16,17)2/h13H,4-12H2,1-3H3/t13?,14-,15+. The van der Waals surface area contributed by atoms with Crippen molar-refractivity contribution in [3.63, 3.8) is 0 Å². The van der Waals surface area contributed by atoms with Gasteiger partial charge in [0, 0.05) is 52.4 Å². The molecule has 4 heterocycles. The Morgan fingerprint density at radius 1 is 0.684 bits per heavy atom. The van der Waals surface area contributed by atoms with Crippen molar-refractivity contribution < 1.29 is 0 Å². The summed E-state index contributed by atoms with van der Waals surface area (Å²) in [6, 6.07) is 0. The zero-order valence-corrected chi connectivity index (χ0v) is 12.7. The average molecular weight is 264 g/mol. The molecule has 4 rings (SSSR count). The van der Waals surface area contributed by atoms with Gasteiger partial charge in [0.1, 0.15) is 11.3 Å². The summed E-state index contributed by atoms with van der Waals surface area (Å²) in [7, 11) is 0. The number of nitrogens with zero attached hydrogens (tertiary/aromatic N) is 4. The first-order valence-electron chi connectivity index (χ1n) is 8.07. The predicted molar refractivity (Wildman–Crippen MR) is 76.9 cm³/mol. The van der Waals surface area contributed by atoms with Crippen LogP contribution in [0.1, 0.15) is 27.2 Å². The van der Waals surface area contributed by atoms with E-state index in [-0.39, 0.29) is 11.3 Å². The van der Waals surface area contributed by atoms with Gasteiger partial charge in [-0.1, -0.05) is 6.92 Å². The highest BCUT2D eigenvalue weighted by atomic mass is 15.6. The van der Waals surface area contributed by atoms with Crippen LogP contribution in [0.15, 0.2) is 0 Å². The van der Waals surface area contributed by atoms with Crippen molar-refractivity contribution in [1.82, 2.24) is 19.6 Å². The molecular weight excluding hydrogens is 236 g/mol. The summed E-state index contributed by atoms with van der Waals surface area (Å²) in [5.41, 5.74) is 0.443. The topological polar surface area (TPSA) is 13.0 Å². The van der Waals surface area contributed by atoms with Crippen molar-refractivity contribution in [3.05, 3.63) is 0 Å². The van der Waals surface area contributed by atoms with E-state index < -0.39 is 0 Å². The number of hydrogen-bond acceptors (Lipinski definition) is 4. The second kappa shape index (κ2) is 3.94. The minimum atomic E-state index is 0.219. The van der Waals surface area contributed by atoms with E-state index in [1.165, 1.54) is 58.8 Å². The van der Waals surface area contributed by atoms with Gasteiger partial charge < -0.3 is 0 Å². The molecule has 0 aromatic rings. The molecule has 0 N–H and O–H groups in total. The molecule has 0 aromatic heterocycles. The molecule has 0 aromatic carbocycles. The lowest BCUT2D eigenvalue weighted by Gasteiger charge is -2.73. The van der Waals surface area contributed by atoms with E-state index in [2.05, 4.69) is 40.4 Å². The van der Waals surface area contributed by atoms with Crippen LogP contribution in [-0.4, -0.2) is 83.3 Å². The molecule has 19 heavy (non-hydrogen) atoms. The lowest BCUT2D eigenvalue weighted by atomic mass is 9.79. The molecule has 0 saturated carbocycles. The first kappa shape index (κ1) is 12.6.